The van der Waals surface area contributed by atoms with Crippen molar-refractivity contribution in [3.63, 3.8) is 0 Å². The van der Waals surface area contributed by atoms with Crippen LogP contribution >= 0.6 is 0 Å². The first-order valence-electron chi connectivity index (χ1n) is 7.30. The molecule has 0 aromatic heterocycles. The molecule has 3 heteroatoms. The first-order valence-corrected chi connectivity index (χ1v) is 7.30. The zero-order valence-electron chi connectivity index (χ0n) is 12.0. The number of nitrogens with one attached hydrogen (secondary N) is 1. The number of hydrogen-bond acceptors (Lipinski definition) is 3. The lowest BCUT2D eigenvalue weighted by Gasteiger charge is -2.23. The average Bonchev–Trinajstić information content (AvgIpc) is 2.63. The van der Waals surface area contributed by atoms with Crippen LogP contribution in [0.5, 0.6) is 11.5 Å². The smallest absolute Gasteiger partial charge is 0.120 e. The van der Waals surface area contributed by atoms with E-state index in [1.54, 1.807) is 19.2 Å². The van der Waals surface area contributed by atoms with Gasteiger partial charge in [0.25, 0.3) is 0 Å². The van der Waals surface area contributed by atoms with Crippen molar-refractivity contribution < 1.29 is 9.84 Å². The molecule has 106 valence electrons. The molecule has 0 amide bonds. The summed E-state index contributed by atoms with van der Waals surface area (Å²) in [7, 11) is 1.65. The van der Waals surface area contributed by atoms with E-state index < -0.39 is 0 Å². The minimum absolute atomic E-state index is 0.342. The van der Waals surface area contributed by atoms with Crippen LogP contribution < -0.4 is 10.1 Å². The number of phenols is 1. The Morgan fingerprint density at radius 2 is 2.05 bits per heavy atom. The Labute approximate surface area is 116 Å². The number of ether oxygens (including phenoxy) is 1. The number of methoxy groups -OCH3 is 1. The van der Waals surface area contributed by atoms with E-state index in [0.717, 1.165) is 17.2 Å². The number of benzene rings is 1. The molecule has 1 saturated carbocycles. The molecule has 1 aliphatic rings. The number of rotatable bonds is 4. The van der Waals surface area contributed by atoms with E-state index in [4.69, 9.17) is 4.74 Å². The molecule has 0 spiro atoms. The summed E-state index contributed by atoms with van der Waals surface area (Å²) in [6.45, 7) is 3.03. The average molecular weight is 263 g/mol. The fourth-order valence-electron chi connectivity index (χ4n) is 2.87. The van der Waals surface area contributed by atoms with Crippen molar-refractivity contribution in [1.29, 1.82) is 0 Å². The van der Waals surface area contributed by atoms with Crippen LogP contribution in [-0.2, 0) is 6.54 Å². The van der Waals surface area contributed by atoms with Crippen LogP contribution in [0.25, 0.3) is 0 Å². The van der Waals surface area contributed by atoms with Gasteiger partial charge in [-0.15, -0.1) is 0 Å². The molecule has 2 N–H and O–H groups in total. The predicted octanol–water partition coefficient (Wildman–Crippen LogP) is 3.46. The summed E-state index contributed by atoms with van der Waals surface area (Å²) in [4.78, 5) is 0. The van der Waals surface area contributed by atoms with E-state index in [2.05, 4.69) is 12.2 Å². The van der Waals surface area contributed by atoms with E-state index in [9.17, 15) is 5.11 Å². The molecule has 1 aliphatic carbocycles. The predicted molar refractivity (Wildman–Crippen MR) is 77.5 cm³/mol. The van der Waals surface area contributed by atoms with Crippen LogP contribution in [0.4, 0.5) is 0 Å². The van der Waals surface area contributed by atoms with Gasteiger partial charge < -0.3 is 15.2 Å². The van der Waals surface area contributed by atoms with Crippen molar-refractivity contribution >= 4 is 0 Å². The van der Waals surface area contributed by atoms with Gasteiger partial charge in [-0.05, 0) is 37.0 Å². The Hall–Kier alpha value is -1.22. The normalized spacial score (nSPS) is 23.9. The molecule has 3 nitrogen and oxygen atoms in total. The topological polar surface area (TPSA) is 41.5 Å². The van der Waals surface area contributed by atoms with Gasteiger partial charge in [0.15, 0.2) is 0 Å². The fourth-order valence-corrected chi connectivity index (χ4v) is 2.87. The molecule has 0 bridgehead atoms. The maximum atomic E-state index is 9.89. The summed E-state index contributed by atoms with van der Waals surface area (Å²) in [6.07, 6.45) is 6.57. The zero-order valence-corrected chi connectivity index (χ0v) is 12.0. The third kappa shape index (κ3) is 3.87. The lowest BCUT2D eigenvalue weighted by Crippen LogP contribution is -2.33. The molecule has 0 radical (unpaired) electrons. The standard InChI is InChI=1S/C16H25NO2/c1-12-6-4-3-5-7-15(12)17-11-13-10-14(19-2)8-9-16(13)18/h8-10,12,15,17-18H,3-7,11H2,1-2H3. The lowest BCUT2D eigenvalue weighted by molar-refractivity contribution is 0.352. The number of hydrogen-bond donors (Lipinski definition) is 2. The summed E-state index contributed by atoms with van der Waals surface area (Å²) >= 11 is 0. The van der Waals surface area contributed by atoms with Crippen molar-refractivity contribution in [1.82, 2.24) is 5.32 Å². The van der Waals surface area contributed by atoms with Gasteiger partial charge in [-0.25, -0.2) is 0 Å². The summed E-state index contributed by atoms with van der Waals surface area (Å²) in [6, 6.07) is 5.96. The van der Waals surface area contributed by atoms with Crippen molar-refractivity contribution in [2.24, 2.45) is 5.92 Å². The van der Waals surface area contributed by atoms with E-state index >= 15 is 0 Å². The highest BCUT2D eigenvalue weighted by molar-refractivity contribution is 5.39. The second kappa shape index (κ2) is 6.80. The molecule has 2 rings (SSSR count). The minimum Gasteiger partial charge on any atom is -0.508 e. The third-order valence-electron chi connectivity index (χ3n) is 4.20. The second-order valence-corrected chi connectivity index (χ2v) is 5.60. The molecule has 2 atom stereocenters. The number of aromatic hydroxyl groups is 1. The third-order valence-corrected chi connectivity index (χ3v) is 4.20. The van der Waals surface area contributed by atoms with Gasteiger partial charge in [-0.2, -0.15) is 0 Å². The Morgan fingerprint density at radius 1 is 1.26 bits per heavy atom. The Kier molecular flexibility index (Phi) is 5.08. The van der Waals surface area contributed by atoms with Gasteiger partial charge in [0.2, 0.25) is 0 Å². The van der Waals surface area contributed by atoms with Gasteiger partial charge in [-0.3, -0.25) is 0 Å². The van der Waals surface area contributed by atoms with E-state index in [-0.39, 0.29) is 0 Å². The van der Waals surface area contributed by atoms with Crippen LogP contribution in [-0.4, -0.2) is 18.3 Å². The molecule has 2 unspecified atom stereocenters. The summed E-state index contributed by atoms with van der Waals surface area (Å²) in [5, 5.41) is 13.5. The number of phenolic OH excluding ortho intramolecular Hbond substituents is 1. The summed E-state index contributed by atoms with van der Waals surface area (Å²) in [5.41, 5.74) is 0.913. The molecule has 0 aliphatic heterocycles. The van der Waals surface area contributed by atoms with Crippen LogP contribution in [0.3, 0.4) is 0 Å². The fraction of sp³-hybridized carbons (Fsp3) is 0.625. The van der Waals surface area contributed by atoms with Gasteiger partial charge in [0, 0.05) is 18.2 Å². The van der Waals surface area contributed by atoms with E-state index in [1.165, 1.54) is 32.1 Å². The summed E-state index contributed by atoms with van der Waals surface area (Å²) in [5.74, 6) is 1.85. The highest BCUT2D eigenvalue weighted by Gasteiger charge is 2.19. The van der Waals surface area contributed by atoms with Crippen LogP contribution in [0.1, 0.15) is 44.6 Å². The van der Waals surface area contributed by atoms with Gasteiger partial charge in [-0.1, -0.05) is 26.2 Å². The molecule has 0 heterocycles. The molecular formula is C16H25NO2. The van der Waals surface area contributed by atoms with Gasteiger partial charge >= 0.3 is 0 Å². The molecule has 1 aromatic carbocycles. The second-order valence-electron chi connectivity index (χ2n) is 5.60. The largest absolute Gasteiger partial charge is 0.508 e. The highest BCUT2D eigenvalue weighted by Crippen LogP contribution is 2.26. The van der Waals surface area contributed by atoms with E-state index in [1.807, 2.05) is 6.07 Å². The minimum atomic E-state index is 0.342. The maximum Gasteiger partial charge on any atom is 0.120 e. The van der Waals surface area contributed by atoms with Crippen LogP contribution in [0.2, 0.25) is 0 Å². The van der Waals surface area contributed by atoms with Crippen LogP contribution in [0.15, 0.2) is 18.2 Å². The van der Waals surface area contributed by atoms with Crippen molar-refractivity contribution in [3.8, 4) is 11.5 Å². The molecular weight excluding hydrogens is 238 g/mol. The quantitative estimate of drug-likeness (QED) is 0.817. The molecule has 0 saturated heterocycles. The monoisotopic (exact) mass is 263 g/mol. The summed E-state index contributed by atoms with van der Waals surface area (Å²) < 4.78 is 5.20. The molecule has 1 aromatic rings. The Morgan fingerprint density at radius 3 is 2.84 bits per heavy atom. The van der Waals surface area contributed by atoms with Crippen LogP contribution in [0, 0.1) is 5.92 Å². The molecule has 1 fully saturated rings. The van der Waals surface area contributed by atoms with Gasteiger partial charge in [0.05, 0.1) is 7.11 Å². The SMILES string of the molecule is COc1ccc(O)c(CNC2CCCCCC2C)c1. The lowest BCUT2D eigenvalue weighted by atomic mass is 9.96. The zero-order chi connectivity index (χ0) is 13.7. The molecule has 19 heavy (non-hydrogen) atoms. The Bertz CT molecular complexity index is 406. The maximum absolute atomic E-state index is 9.89. The van der Waals surface area contributed by atoms with Gasteiger partial charge in [0.1, 0.15) is 11.5 Å². The first kappa shape index (κ1) is 14.2. The van der Waals surface area contributed by atoms with Crippen molar-refractivity contribution in [2.45, 2.75) is 51.6 Å². The highest BCUT2D eigenvalue weighted by atomic mass is 16.5. The Balaban J connectivity index is 1.97. The first-order chi connectivity index (χ1) is 9.20. The van der Waals surface area contributed by atoms with Crippen molar-refractivity contribution in [3.05, 3.63) is 23.8 Å². The van der Waals surface area contributed by atoms with E-state index in [0.29, 0.717) is 18.3 Å². The van der Waals surface area contributed by atoms with Crippen molar-refractivity contribution in [2.75, 3.05) is 7.11 Å².